The van der Waals surface area contributed by atoms with Crippen LogP contribution in [0.3, 0.4) is 0 Å². The summed E-state index contributed by atoms with van der Waals surface area (Å²) in [7, 11) is -3.60. The maximum atomic E-state index is 11.7. The zero-order valence-electron chi connectivity index (χ0n) is 8.65. The summed E-state index contributed by atoms with van der Waals surface area (Å²) in [6.45, 7) is 3.64. The molecule has 1 unspecified atom stereocenters. The van der Waals surface area contributed by atoms with Gasteiger partial charge in [-0.25, -0.2) is 13.1 Å². The second-order valence-electron chi connectivity index (χ2n) is 3.31. The summed E-state index contributed by atoms with van der Waals surface area (Å²) in [5, 5.41) is -0.102. The molecule has 15 heavy (non-hydrogen) atoms. The van der Waals surface area contributed by atoms with Gasteiger partial charge in [0.05, 0.1) is 0 Å². The first-order valence-electron chi connectivity index (χ1n) is 4.67. The van der Waals surface area contributed by atoms with Crippen LogP contribution in [-0.4, -0.2) is 19.4 Å². The maximum absolute atomic E-state index is 11.7. The highest BCUT2D eigenvalue weighted by molar-refractivity contribution is 7.89. The van der Waals surface area contributed by atoms with Crippen molar-refractivity contribution in [3.05, 3.63) is 28.6 Å². The van der Waals surface area contributed by atoms with Crippen molar-refractivity contribution in [1.82, 2.24) is 9.71 Å². The minimum Gasteiger partial charge on any atom is -0.312 e. The van der Waals surface area contributed by atoms with Crippen LogP contribution >= 0.6 is 0 Å². The van der Waals surface area contributed by atoms with Crippen LogP contribution < -0.4 is 10.3 Å². The third-order valence-corrected chi connectivity index (χ3v) is 3.53. The fraction of sp³-hybridized carbons (Fsp3) is 0.444. The molecule has 5 nitrogen and oxygen atoms in total. The number of hydrogen-bond donors (Lipinski definition) is 2. The molecular weight excluding hydrogens is 216 g/mol. The van der Waals surface area contributed by atoms with Gasteiger partial charge in [-0.3, -0.25) is 4.79 Å². The van der Waals surface area contributed by atoms with Crippen LogP contribution in [0.25, 0.3) is 0 Å². The van der Waals surface area contributed by atoms with E-state index in [0.29, 0.717) is 6.42 Å². The SMILES string of the molecule is CCC(C)NS(=O)(=O)c1cccc(=O)[nH]1. The van der Waals surface area contributed by atoms with Crippen molar-refractivity contribution >= 4 is 10.0 Å². The van der Waals surface area contributed by atoms with Crippen molar-refractivity contribution in [3.63, 3.8) is 0 Å². The van der Waals surface area contributed by atoms with Gasteiger partial charge in [0.1, 0.15) is 0 Å². The quantitative estimate of drug-likeness (QED) is 0.788. The molecule has 0 aromatic carbocycles. The highest BCUT2D eigenvalue weighted by atomic mass is 32.2. The molecule has 6 heteroatoms. The molecular formula is C9H14N2O3S. The highest BCUT2D eigenvalue weighted by Crippen LogP contribution is 2.03. The Morgan fingerprint density at radius 3 is 2.67 bits per heavy atom. The van der Waals surface area contributed by atoms with Crippen molar-refractivity contribution in [3.8, 4) is 0 Å². The molecule has 1 rings (SSSR count). The van der Waals surface area contributed by atoms with Crippen molar-refractivity contribution < 1.29 is 8.42 Å². The van der Waals surface area contributed by atoms with Gasteiger partial charge in [0, 0.05) is 12.1 Å². The molecule has 0 saturated heterocycles. The maximum Gasteiger partial charge on any atom is 0.256 e. The molecule has 84 valence electrons. The van der Waals surface area contributed by atoms with Crippen molar-refractivity contribution in [2.75, 3.05) is 0 Å². The Morgan fingerprint density at radius 2 is 2.13 bits per heavy atom. The minimum atomic E-state index is -3.60. The van der Waals surface area contributed by atoms with Crippen LogP contribution in [0, 0.1) is 0 Å². The molecule has 0 saturated carbocycles. The van der Waals surface area contributed by atoms with Gasteiger partial charge >= 0.3 is 0 Å². The first kappa shape index (κ1) is 11.9. The number of aromatic nitrogens is 1. The summed E-state index contributed by atoms with van der Waals surface area (Å²) in [6.07, 6.45) is 0.691. The third kappa shape index (κ3) is 3.17. The smallest absolute Gasteiger partial charge is 0.256 e. The van der Waals surface area contributed by atoms with Gasteiger partial charge in [-0.1, -0.05) is 13.0 Å². The largest absolute Gasteiger partial charge is 0.312 e. The lowest BCUT2D eigenvalue weighted by Crippen LogP contribution is -2.33. The fourth-order valence-corrected chi connectivity index (χ4v) is 2.31. The van der Waals surface area contributed by atoms with E-state index in [4.69, 9.17) is 0 Å². The molecule has 0 aliphatic carbocycles. The molecule has 0 radical (unpaired) electrons. The Labute approximate surface area is 88.6 Å². The van der Waals surface area contributed by atoms with Crippen LogP contribution in [0.2, 0.25) is 0 Å². The summed E-state index contributed by atoms with van der Waals surface area (Å²) in [5.41, 5.74) is -0.429. The van der Waals surface area contributed by atoms with Gasteiger partial charge in [0.15, 0.2) is 5.03 Å². The Morgan fingerprint density at radius 1 is 1.47 bits per heavy atom. The monoisotopic (exact) mass is 230 g/mol. The molecule has 0 fully saturated rings. The number of hydrogen-bond acceptors (Lipinski definition) is 3. The number of H-pyrrole nitrogens is 1. The van der Waals surface area contributed by atoms with E-state index < -0.39 is 15.6 Å². The standard InChI is InChI=1S/C9H14N2O3S/c1-3-7(2)11-15(13,14)9-6-4-5-8(12)10-9/h4-7,11H,3H2,1-2H3,(H,10,12). The summed E-state index contributed by atoms with van der Waals surface area (Å²) in [6, 6.07) is 3.87. The Kier molecular flexibility index (Phi) is 3.65. The number of sulfonamides is 1. The number of nitrogens with one attached hydrogen (secondary N) is 2. The van der Waals surface area contributed by atoms with E-state index in [9.17, 15) is 13.2 Å². The Bertz CT molecular complexity index is 478. The first-order valence-corrected chi connectivity index (χ1v) is 6.15. The third-order valence-electron chi connectivity index (χ3n) is 2.00. The minimum absolute atomic E-state index is 0.102. The lowest BCUT2D eigenvalue weighted by molar-refractivity contribution is 0.552. The van der Waals surface area contributed by atoms with Crippen molar-refractivity contribution in [2.24, 2.45) is 0 Å². The molecule has 0 aliphatic rings. The van der Waals surface area contributed by atoms with E-state index in [-0.39, 0.29) is 11.1 Å². The van der Waals surface area contributed by atoms with Gasteiger partial charge in [0.2, 0.25) is 5.56 Å². The molecule has 0 bridgehead atoms. The number of aromatic amines is 1. The number of pyridine rings is 1. The summed E-state index contributed by atoms with van der Waals surface area (Å²) in [5.74, 6) is 0. The molecule has 0 amide bonds. The molecule has 1 aromatic heterocycles. The van der Waals surface area contributed by atoms with Crippen molar-refractivity contribution in [2.45, 2.75) is 31.3 Å². The van der Waals surface area contributed by atoms with Crippen LogP contribution in [0.1, 0.15) is 20.3 Å². The lowest BCUT2D eigenvalue weighted by atomic mass is 10.3. The second kappa shape index (κ2) is 4.59. The predicted molar refractivity (Wildman–Crippen MR) is 57.1 cm³/mol. The molecule has 1 heterocycles. The molecule has 0 spiro atoms. The van der Waals surface area contributed by atoms with Gasteiger partial charge in [-0.05, 0) is 19.4 Å². The number of rotatable bonds is 4. The van der Waals surface area contributed by atoms with Gasteiger partial charge in [0.25, 0.3) is 10.0 Å². The Balaban J connectivity index is 3.02. The van der Waals surface area contributed by atoms with Gasteiger partial charge in [-0.2, -0.15) is 0 Å². The van der Waals surface area contributed by atoms with Crippen LogP contribution in [0.5, 0.6) is 0 Å². The van der Waals surface area contributed by atoms with E-state index in [2.05, 4.69) is 9.71 Å². The average Bonchev–Trinajstić information content (AvgIpc) is 2.17. The fourth-order valence-electron chi connectivity index (χ4n) is 0.996. The van der Waals surface area contributed by atoms with E-state index in [1.807, 2.05) is 6.92 Å². The molecule has 0 aliphatic heterocycles. The van der Waals surface area contributed by atoms with E-state index in [1.165, 1.54) is 18.2 Å². The predicted octanol–water partition coefficient (Wildman–Crippen LogP) is 0.452. The van der Waals surface area contributed by atoms with Crippen LogP contribution in [0.15, 0.2) is 28.0 Å². The van der Waals surface area contributed by atoms with E-state index in [1.54, 1.807) is 6.92 Å². The zero-order valence-corrected chi connectivity index (χ0v) is 9.47. The lowest BCUT2D eigenvalue weighted by Gasteiger charge is -2.11. The summed E-state index contributed by atoms with van der Waals surface area (Å²) < 4.78 is 25.8. The molecule has 2 N–H and O–H groups in total. The summed E-state index contributed by atoms with van der Waals surface area (Å²) in [4.78, 5) is 13.2. The van der Waals surface area contributed by atoms with E-state index in [0.717, 1.165) is 0 Å². The summed E-state index contributed by atoms with van der Waals surface area (Å²) >= 11 is 0. The second-order valence-corrected chi connectivity index (χ2v) is 4.99. The van der Waals surface area contributed by atoms with Crippen LogP contribution in [0.4, 0.5) is 0 Å². The Hall–Kier alpha value is -1.14. The zero-order chi connectivity index (χ0) is 11.5. The van der Waals surface area contributed by atoms with Gasteiger partial charge in [-0.15, -0.1) is 0 Å². The normalized spacial score (nSPS) is 13.7. The topological polar surface area (TPSA) is 79.0 Å². The van der Waals surface area contributed by atoms with Crippen LogP contribution in [-0.2, 0) is 10.0 Å². The van der Waals surface area contributed by atoms with Crippen molar-refractivity contribution in [1.29, 1.82) is 0 Å². The average molecular weight is 230 g/mol. The van der Waals surface area contributed by atoms with Gasteiger partial charge < -0.3 is 4.98 Å². The van der Waals surface area contributed by atoms with E-state index >= 15 is 0 Å². The molecule has 1 aromatic rings. The highest BCUT2D eigenvalue weighted by Gasteiger charge is 2.16. The molecule has 1 atom stereocenters. The first-order chi connectivity index (χ1) is 6.95.